The van der Waals surface area contributed by atoms with E-state index in [9.17, 15) is 9.18 Å². The highest BCUT2D eigenvalue weighted by molar-refractivity contribution is 6.32. The first-order chi connectivity index (χ1) is 16.5. The third-order valence-electron chi connectivity index (χ3n) is 6.09. The summed E-state index contributed by atoms with van der Waals surface area (Å²) in [5.41, 5.74) is 3.41. The predicted molar refractivity (Wildman–Crippen MR) is 128 cm³/mol. The van der Waals surface area contributed by atoms with Gasteiger partial charge in [-0.1, -0.05) is 11.6 Å². The van der Waals surface area contributed by atoms with Crippen molar-refractivity contribution in [1.82, 2.24) is 20.6 Å². The minimum absolute atomic E-state index is 0.123. The second-order valence-corrected chi connectivity index (χ2v) is 8.71. The Hall–Kier alpha value is -3.30. The molecule has 2 aromatic heterocycles. The molecule has 0 saturated carbocycles. The predicted octanol–water partition coefficient (Wildman–Crippen LogP) is 4.04. The molecule has 10 heteroatoms. The van der Waals surface area contributed by atoms with E-state index in [0.29, 0.717) is 48.0 Å². The number of carbonyl (C=O) groups is 1. The topological polar surface area (TPSA) is 100 Å². The average Bonchev–Trinajstić information content (AvgIpc) is 3.46. The lowest BCUT2D eigenvalue weighted by Crippen LogP contribution is -2.31. The summed E-state index contributed by atoms with van der Waals surface area (Å²) in [7, 11) is 1.45. The monoisotopic (exact) mass is 485 g/mol. The van der Waals surface area contributed by atoms with Crippen molar-refractivity contribution in [2.24, 2.45) is 0 Å². The number of fused-ring (bicyclic) bond motifs is 1. The summed E-state index contributed by atoms with van der Waals surface area (Å²) in [4.78, 5) is 20.5. The van der Waals surface area contributed by atoms with Gasteiger partial charge in [-0.2, -0.15) is 0 Å². The van der Waals surface area contributed by atoms with Crippen LogP contribution in [0.4, 0.5) is 15.8 Å². The van der Waals surface area contributed by atoms with Gasteiger partial charge in [-0.15, -0.1) is 0 Å². The van der Waals surface area contributed by atoms with Gasteiger partial charge in [-0.25, -0.2) is 4.39 Å². The Morgan fingerprint density at radius 2 is 2.21 bits per heavy atom. The summed E-state index contributed by atoms with van der Waals surface area (Å²) in [6, 6.07) is 4.57. The lowest BCUT2D eigenvalue weighted by atomic mass is 10.0. The Morgan fingerprint density at radius 1 is 1.32 bits per heavy atom. The first-order valence-electron chi connectivity index (χ1n) is 11.2. The number of nitrogens with zero attached hydrogens (tertiary/aromatic N) is 1. The number of amides is 1. The normalized spacial score (nSPS) is 17.3. The first-order valence-corrected chi connectivity index (χ1v) is 11.6. The molecule has 2 aliphatic heterocycles. The molecule has 1 aromatic carbocycles. The van der Waals surface area contributed by atoms with Gasteiger partial charge in [0, 0.05) is 42.5 Å². The highest BCUT2D eigenvalue weighted by Crippen LogP contribution is 2.43. The molecule has 4 N–H and O–H groups in total. The van der Waals surface area contributed by atoms with Crippen molar-refractivity contribution in [2.45, 2.75) is 25.3 Å². The number of H-pyrrole nitrogens is 1. The SMILES string of the molecule is COc1c(Cl)cc(F)cc1Nc1c(-c2ccncc2OCC2CCCN2)[nH]c2c1C(=O)NCC2. The lowest BCUT2D eigenvalue weighted by Gasteiger charge is -2.18. The van der Waals surface area contributed by atoms with E-state index >= 15 is 0 Å². The van der Waals surface area contributed by atoms with Gasteiger partial charge in [0.15, 0.2) is 5.75 Å². The maximum atomic E-state index is 14.2. The quantitative estimate of drug-likeness (QED) is 0.403. The minimum atomic E-state index is -0.527. The summed E-state index contributed by atoms with van der Waals surface area (Å²) in [5.74, 6) is 0.112. The molecule has 1 saturated heterocycles. The van der Waals surface area contributed by atoms with Crippen molar-refractivity contribution < 1.29 is 18.7 Å². The van der Waals surface area contributed by atoms with Crippen molar-refractivity contribution in [1.29, 1.82) is 0 Å². The van der Waals surface area contributed by atoms with E-state index in [1.807, 2.05) is 6.07 Å². The zero-order valence-corrected chi connectivity index (χ0v) is 19.4. The van der Waals surface area contributed by atoms with Crippen LogP contribution in [0.1, 0.15) is 28.9 Å². The number of aromatic nitrogens is 2. The van der Waals surface area contributed by atoms with E-state index in [1.165, 1.54) is 19.2 Å². The summed E-state index contributed by atoms with van der Waals surface area (Å²) in [6.07, 6.45) is 6.13. The van der Waals surface area contributed by atoms with Gasteiger partial charge in [0.05, 0.1) is 41.0 Å². The number of halogens is 2. The largest absolute Gasteiger partial charge is 0.493 e. The average molecular weight is 486 g/mol. The molecule has 1 atom stereocenters. The molecule has 5 rings (SSSR count). The second-order valence-electron chi connectivity index (χ2n) is 8.30. The van der Waals surface area contributed by atoms with E-state index in [1.54, 1.807) is 12.4 Å². The van der Waals surface area contributed by atoms with Gasteiger partial charge in [0.1, 0.15) is 18.2 Å². The molecule has 3 aromatic rings. The first kappa shape index (κ1) is 22.5. The van der Waals surface area contributed by atoms with Crippen LogP contribution in [0.3, 0.4) is 0 Å². The number of hydrogen-bond acceptors (Lipinski definition) is 6. The Bertz CT molecular complexity index is 1230. The molecular weight excluding hydrogens is 461 g/mol. The van der Waals surface area contributed by atoms with Gasteiger partial charge in [0.25, 0.3) is 5.91 Å². The molecule has 8 nitrogen and oxygen atoms in total. The van der Waals surface area contributed by atoms with Gasteiger partial charge in [-0.3, -0.25) is 9.78 Å². The smallest absolute Gasteiger partial charge is 0.255 e. The highest BCUT2D eigenvalue weighted by Gasteiger charge is 2.29. The number of pyridine rings is 1. The lowest BCUT2D eigenvalue weighted by molar-refractivity contribution is 0.0947. The van der Waals surface area contributed by atoms with Crippen LogP contribution in [0.25, 0.3) is 11.3 Å². The van der Waals surface area contributed by atoms with Crippen LogP contribution in [0, 0.1) is 5.82 Å². The number of ether oxygens (including phenoxy) is 2. The summed E-state index contributed by atoms with van der Waals surface area (Å²) in [6.45, 7) is 2.02. The fraction of sp³-hybridized carbons (Fsp3) is 0.333. The Kier molecular flexibility index (Phi) is 6.30. The molecular formula is C24H25ClFN5O3. The van der Waals surface area contributed by atoms with E-state index in [2.05, 4.69) is 25.9 Å². The van der Waals surface area contributed by atoms with Crippen LogP contribution in [-0.2, 0) is 6.42 Å². The van der Waals surface area contributed by atoms with Crippen molar-refractivity contribution in [3.8, 4) is 22.8 Å². The Morgan fingerprint density at radius 3 is 3.00 bits per heavy atom. The maximum Gasteiger partial charge on any atom is 0.255 e. The fourth-order valence-corrected chi connectivity index (χ4v) is 4.78. The number of rotatable bonds is 7. The van der Waals surface area contributed by atoms with Gasteiger partial charge < -0.3 is 30.4 Å². The Balaban J connectivity index is 1.59. The van der Waals surface area contributed by atoms with Crippen LogP contribution in [0.5, 0.6) is 11.5 Å². The summed E-state index contributed by atoms with van der Waals surface area (Å²) >= 11 is 6.21. The van der Waals surface area contributed by atoms with Crippen LogP contribution < -0.4 is 25.4 Å². The number of nitrogens with one attached hydrogen (secondary N) is 4. The zero-order chi connectivity index (χ0) is 23.7. The van der Waals surface area contributed by atoms with Gasteiger partial charge >= 0.3 is 0 Å². The molecule has 34 heavy (non-hydrogen) atoms. The molecule has 4 heterocycles. The second kappa shape index (κ2) is 9.52. The molecule has 0 radical (unpaired) electrons. The summed E-state index contributed by atoms with van der Waals surface area (Å²) in [5, 5.41) is 9.62. The van der Waals surface area contributed by atoms with Gasteiger partial charge in [0.2, 0.25) is 0 Å². The van der Waals surface area contributed by atoms with E-state index in [0.717, 1.165) is 30.6 Å². The van der Waals surface area contributed by atoms with Crippen LogP contribution in [0.2, 0.25) is 5.02 Å². The third-order valence-corrected chi connectivity index (χ3v) is 6.37. The summed E-state index contributed by atoms with van der Waals surface area (Å²) < 4.78 is 25.8. The number of hydrogen-bond donors (Lipinski definition) is 4. The Labute approximate surface area is 201 Å². The van der Waals surface area contributed by atoms with Crippen molar-refractivity contribution in [3.05, 3.63) is 52.7 Å². The number of aromatic amines is 1. The van der Waals surface area contributed by atoms with Crippen LogP contribution >= 0.6 is 11.6 Å². The molecule has 0 aliphatic carbocycles. The molecule has 2 aliphatic rings. The van der Waals surface area contributed by atoms with Crippen LogP contribution in [0.15, 0.2) is 30.6 Å². The van der Waals surface area contributed by atoms with Crippen molar-refractivity contribution in [3.63, 3.8) is 0 Å². The molecule has 1 amide bonds. The van der Waals surface area contributed by atoms with E-state index in [-0.39, 0.29) is 22.7 Å². The third kappa shape index (κ3) is 4.28. The molecule has 1 unspecified atom stereocenters. The van der Waals surface area contributed by atoms with Crippen molar-refractivity contribution in [2.75, 3.05) is 32.1 Å². The number of anilines is 2. The van der Waals surface area contributed by atoms with Gasteiger partial charge in [-0.05, 0) is 31.5 Å². The van der Waals surface area contributed by atoms with E-state index in [4.69, 9.17) is 21.1 Å². The molecule has 178 valence electrons. The standard InChI is InChI=1S/C24H25ClFN5O3/c1-33-23-16(25)9-13(26)10-18(23)31-22-20-17(5-8-29-24(20)32)30-21(22)15-4-7-27-11-19(15)34-12-14-3-2-6-28-14/h4,7,9-11,14,28,30-31H,2-3,5-6,8,12H2,1H3,(H,29,32). The zero-order valence-electron chi connectivity index (χ0n) is 18.6. The number of carbonyl (C=O) groups excluding carboxylic acids is 1. The number of methoxy groups -OCH3 is 1. The minimum Gasteiger partial charge on any atom is -0.493 e. The fourth-order valence-electron chi connectivity index (χ4n) is 4.49. The highest BCUT2D eigenvalue weighted by atomic mass is 35.5. The molecule has 0 spiro atoms. The van der Waals surface area contributed by atoms with Crippen molar-refractivity contribution >= 4 is 28.9 Å². The molecule has 0 bridgehead atoms. The maximum absolute atomic E-state index is 14.2. The number of benzene rings is 1. The van der Waals surface area contributed by atoms with Crippen LogP contribution in [-0.4, -0.2) is 48.7 Å². The van der Waals surface area contributed by atoms with E-state index < -0.39 is 5.82 Å². The molecule has 1 fully saturated rings.